The summed E-state index contributed by atoms with van der Waals surface area (Å²) in [4.78, 5) is 35.1. The molecule has 1 amide bonds. The van der Waals surface area contributed by atoms with E-state index in [0.29, 0.717) is 16.8 Å². The topological polar surface area (TPSA) is 92.7 Å². The van der Waals surface area contributed by atoms with Crippen molar-refractivity contribution in [3.8, 4) is 5.75 Å². The van der Waals surface area contributed by atoms with Crippen LogP contribution in [0.2, 0.25) is 0 Å². The molecule has 0 atom stereocenters. The highest BCUT2D eigenvalue weighted by Crippen LogP contribution is 2.15. The van der Waals surface area contributed by atoms with E-state index in [9.17, 15) is 19.5 Å². The molecule has 0 aliphatic carbocycles. The highest BCUT2D eigenvalue weighted by Gasteiger charge is 2.12. The van der Waals surface area contributed by atoms with Gasteiger partial charge in [0.2, 0.25) is 0 Å². The van der Waals surface area contributed by atoms with E-state index in [2.05, 4.69) is 5.32 Å². The molecular weight excluding hydrogens is 310 g/mol. The summed E-state index contributed by atoms with van der Waals surface area (Å²) in [5.74, 6) is -1.15. The standard InChI is InChI=1S/C18H17NO5/c1-12(20)15-4-2-3-5-16(15)19-17(22)11-24-18(23)10-13-6-8-14(21)9-7-13/h2-9,21H,10-11H2,1H3,(H,19,22). The van der Waals surface area contributed by atoms with Gasteiger partial charge in [0.15, 0.2) is 12.4 Å². The number of esters is 1. The molecule has 2 aromatic rings. The van der Waals surface area contributed by atoms with Crippen molar-refractivity contribution >= 4 is 23.3 Å². The minimum Gasteiger partial charge on any atom is -0.508 e. The molecule has 0 spiro atoms. The molecule has 6 nitrogen and oxygen atoms in total. The predicted molar refractivity (Wildman–Crippen MR) is 87.8 cm³/mol. The van der Waals surface area contributed by atoms with Gasteiger partial charge in [0.05, 0.1) is 12.1 Å². The average Bonchev–Trinajstić information content (AvgIpc) is 2.55. The fraction of sp³-hybridized carbons (Fsp3) is 0.167. The number of amides is 1. The monoisotopic (exact) mass is 327 g/mol. The van der Waals surface area contributed by atoms with Crippen LogP contribution in [0.15, 0.2) is 48.5 Å². The number of anilines is 1. The normalized spacial score (nSPS) is 10.0. The lowest BCUT2D eigenvalue weighted by atomic mass is 10.1. The molecule has 0 saturated heterocycles. The first kappa shape index (κ1) is 17.2. The van der Waals surface area contributed by atoms with Crippen LogP contribution in [0.1, 0.15) is 22.8 Å². The quantitative estimate of drug-likeness (QED) is 0.627. The van der Waals surface area contributed by atoms with Crippen LogP contribution in [0.25, 0.3) is 0 Å². The second kappa shape index (κ2) is 7.92. The van der Waals surface area contributed by atoms with Crippen LogP contribution in [0.3, 0.4) is 0 Å². The average molecular weight is 327 g/mol. The van der Waals surface area contributed by atoms with Gasteiger partial charge in [-0.15, -0.1) is 0 Å². The first-order valence-electron chi connectivity index (χ1n) is 7.29. The molecule has 0 bridgehead atoms. The first-order chi connectivity index (χ1) is 11.5. The number of rotatable bonds is 6. The zero-order valence-electron chi connectivity index (χ0n) is 13.1. The number of carbonyl (C=O) groups is 3. The fourth-order valence-electron chi connectivity index (χ4n) is 2.06. The predicted octanol–water partition coefficient (Wildman–Crippen LogP) is 2.32. The van der Waals surface area contributed by atoms with E-state index in [4.69, 9.17) is 4.74 Å². The molecule has 6 heteroatoms. The van der Waals surface area contributed by atoms with Crippen molar-refractivity contribution in [3.63, 3.8) is 0 Å². The van der Waals surface area contributed by atoms with E-state index in [1.807, 2.05) is 0 Å². The van der Waals surface area contributed by atoms with Crippen molar-refractivity contribution in [3.05, 3.63) is 59.7 Å². The molecule has 0 saturated carbocycles. The van der Waals surface area contributed by atoms with Gasteiger partial charge in [-0.25, -0.2) is 0 Å². The van der Waals surface area contributed by atoms with Gasteiger partial charge in [0.25, 0.3) is 5.91 Å². The van der Waals surface area contributed by atoms with E-state index >= 15 is 0 Å². The molecule has 124 valence electrons. The smallest absolute Gasteiger partial charge is 0.310 e. The summed E-state index contributed by atoms with van der Waals surface area (Å²) in [6, 6.07) is 12.7. The summed E-state index contributed by atoms with van der Waals surface area (Å²) in [5.41, 5.74) is 1.44. The van der Waals surface area contributed by atoms with Crippen LogP contribution in [-0.2, 0) is 20.7 Å². The number of ether oxygens (including phenoxy) is 1. The molecule has 0 aromatic heterocycles. The lowest BCUT2D eigenvalue weighted by Gasteiger charge is -2.09. The second-order valence-corrected chi connectivity index (χ2v) is 5.15. The van der Waals surface area contributed by atoms with Gasteiger partial charge >= 0.3 is 5.97 Å². The Morgan fingerprint density at radius 1 is 1.04 bits per heavy atom. The zero-order chi connectivity index (χ0) is 17.5. The van der Waals surface area contributed by atoms with Crippen LogP contribution in [0.4, 0.5) is 5.69 Å². The van der Waals surface area contributed by atoms with Crippen LogP contribution in [-0.4, -0.2) is 29.4 Å². The summed E-state index contributed by atoms with van der Waals surface area (Å²) in [7, 11) is 0. The Balaban J connectivity index is 1.86. The van der Waals surface area contributed by atoms with Gasteiger partial charge in [-0.3, -0.25) is 14.4 Å². The van der Waals surface area contributed by atoms with Gasteiger partial charge in [0.1, 0.15) is 5.75 Å². The maximum absolute atomic E-state index is 11.9. The van der Waals surface area contributed by atoms with Gasteiger partial charge < -0.3 is 15.2 Å². The van der Waals surface area contributed by atoms with E-state index in [-0.39, 0.29) is 18.0 Å². The highest BCUT2D eigenvalue weighted by atomic mass is 16.5. The summed E-state index contributed by atoms with van der Waals surface area (Å²) in [6.07, 6.45) is -0.00239. The van der Waals surface area contributed by atoms with Crippen molar-refractivity contribution in [2.75, 3.05) is 11.9 Å². The number of nitrogens with one attached hydrogen (secondary N) is 1. The Morgan fingerprint density at radius 2 is 1.71 bits per heavy atom. The molecule has 0 heterocycles. The molecule has 2 N–H and O–H groups in total. The lowest BCUT2D eigenvalue weighted by Crippen LogP contribution is -2.22. The summed E-state index contributed by atoms with van der Waals surface area (Å²) in [5, 5.41) is 11.7. The Bertz CT molecular complexity index is 752. The maximum atomic E-state index is 11.9. The minimum absolute atomic E-state index is 0.00239. The van der Waals surface area contributed by atoms with Crippen LogP contribution in [0.5, 0.6) is 5.75 Å². The van der Waals surface area contributed by atoms with Crippen molar-refractivity contribution in [2.24, 2.45) is 0 Å². The number of ketones is 1. The number of hydrogen-bond donors (Lipinski definition) is 2. The summed E-state index contributed by atoms with van der Waals surface area (Å²) >= 11 is 0. The zero-order valence-corrected chi connectivity index (χ0v) is 13.1. The largest absolute Gasteiger partial charge is 0.508 e. The number of hydrogen-bond acceptors (Lipinski definition) is 5. The fourth-order valence-corrected chi connectivity index (χ4v) is 2.06. The molecule has 24 heavy (non-hydrogen) atoms. The Kier molecular flexibility index (Phi) is 5.68. The second-order valence-electron chi connectivity index (χ2n) is 5.15. The SMILES string of the molecule is CC(=O)c1ccccc1NC(=O)COC(=O)Cc1ccc(O)cc1. The number of aromatic hydroxyl groups is 1. The van der Waals surface area contributed by atoms with Gasteiger partial charge in [-0.1, -0.05) is 24.3 Å². The number of phenolic OH excluding ortho intramolecular Hbond substituents is 1. The van der Waals surface area contributed by atoms with Crippen molar-refractivity contribution < 1.29 is 24.2 Å². The van der Waals surface area contributed by atoms with Crippen molar-refractivity contribution in [2.45, 2.75) is 13.3 Å². The van der Waals surface area contributed by atoms with Gasteiger partial charge in [-0.2, -0.15) is 0 Å². The van der Waals surface area contributed by atoms with Gasteiger partial charge in [-0.05, 0) is 36.8 Å². The Morgan fingerprint density at radius 3 is 2.38 bits per heavy atom. The minimum atomic E-state index is -0.560. The third kappa shape index (κ3) is 4.95. The van der Waals surface area contributed by atoms with E-state index in [1.54, 1.807) is 36.4 Å². The molecule has 0 aliphatic rings. The number of carbonyl (C=O) groups excluding carboxylic acids is 3. The van der Waals surface area contributed by atoms with Crippen molar-refractivity contribution in [1.82, 2.24) is 0 Å². The van der Waals surface area contributed by atoms with Crippen LogP contribution < -0.4 is 5.32 Å². The number of Topliss-reactive ketones (excluding diaryl/α,β-unsaturated/α-hetero) is 1. The van der Waals surface area contributed by atoms with Crippen molar-refractivity contribution in [1.29, 1.82) is 0 Å². The third-order valence-corrected chi connectivity index (χ3v) is 3.23. The first-order valence-corrected chi connectivity index (χ1v) is 7.29. The summed E-state index contributed by atoms with van der Waals surface area (Å²) in [6.45, 7) is 0.964. The highest BCUT2D eigenvalue weighted by molar-refractivity contribution is 6.04. The van der Waals surface area contributed by atoms with E-state index < -0.39 is 18.5 Å². The Hall–Kier alpha value is -3.15. The maximum Gasteiger partial charge on any atom is 0.310 e. The van der Waals surface area contributed by atoms with E-state index in [0.717, 1.165) is 0 Å². The van der Waals surface area contributed by atoms with Crippen LogP contribution >= 0.6 is 0 Å². The molecule has 2 rings (SSSR count). The molecular formula is C18H17NO5. The molecule has 2 aromatic carbocycles. The number of phenols is 1. The van der Waals surface area contributed by atoms with Crippen LogP contribution in [0, 0.1) is 0 Å². The summed E-state index contributed by atoms with van der Waals surface area (Å²) < 4.78 is 4.91. The molecule has 0 unspecified atom stereocenters. The number of para-hydroxylation sites is 1. The van der Waals surface area contributed by atoms with E-state index in [1.165, 1.54) is 19.1 Å². The molecule has 0 fully saturated rings. The lowest BCUT2D eigenvalue weighted by molar-refractivity contribution is -0.146. The Labute approximate surface area is 139 Å². The molecule has 0 radical (unpaired) electrons. The third-order valence-electron chi connectivity index (χ3n) is 3.23. The molecule has 0 aliphatic heterocycles. The number of benzene rings is 2. The van der Waals surface area contributed by atoms with Gasteiger partial charge in [0, 0.05) is 5.56 Å².